The van der Waals surface area contributed by atoms with Gasteiger partial charge in [0.15, 0.2) is 17.5 Å². The molecule has 3 nitrogen and oxygen atoms in total. The van der Waals surface area contributed by atoms with Gasteiger partial charge in [0, 0.05) is 22.1 Å². The summed E-state index contributed by atoms with van der Waals surface area (Å²) in [6.45, 7) is 4.73. The second-order valence-electron chi connectivity index (χ2n) is 15.5. The van der Waals surface area contributed by atoms with Gasteiger partial charge < -0.3 is 0 Å². The van der Waals surface area contributed by atoms with E-state index < -0.39 is 5.41 Å². The van der Waals surface area contributed by atoms with E-state index in [2.05, 4.69) is 184 Å². The summed E-state index contributed by atoms with van der Waals surface area (Å²) < 4.78 is 0. The summed E-state index contributed by atoms with van der Waals surface area (Å²) in [6, 6.07) is 67.7. The molecule has 0 atom stereocenters. The zero-order valence-corrected chi connectivity index (χ0v) is 31.2. The van der Waals surface area contributed by atoms with Crippen molar-refractivity contribution >= 4 is 10.8 Å². The third kappa shape index (κ3) is 4.61. The van der Waals surface area contributed by atoms with Crippen molar-refractivity contribution in [3.63, 3.8) is 0 Å². The number of hydrogen-bond acceptors (Lipinski definition) is 3. The van der Waals surface area contributed by atoms with Crippen LogP contribution in [0.1, 0.15) is 47.2 Å². The quantitative estimate of drug-likeness (QED) is 0.182. The summed E-state index contributed by atoms with van der Waals surface area (Å²) in [7, 11) is 0. The molecular weight excluding hydrogens is 679 g/mol. The Labute approximate surface area is 327 Å². The van der Waals surface area contributed by atoms with Crippen molar-refractivity contribution in [3.05, 3.63) is 221 Å². The van der Waals surface area contributed by atoms with Gasteiger partial charge >= 0.3 is 0 Å². The molecule has 11 rings (SSSR count). The van der Waals surface area contributed by atoms with Crippen LogP contribution in [-0.2, 0) is 10.8 Å². The van der Waals surface area contributed by atoms with E-state index in [0.29, 0.717) is 17.5 Å². The van der Waals surface area contributed by atoms with Crippen molar-refractivity contribution in [3.8, 4) is 56.4 Å². The molecule has 56 heavy (non-hydrogen) atoms. The maximum Gasteiger partial charge on any atom is 0.164 e. The third-order valence-corrected chi connectivity index (χ3v) is 12.2. The monoisotopic (exact) mass is 715 g/mol. The lowest BCUT2D eigenvalue weighted by molar-refractivity contribution is 0.563. The van der Waals surface area contributed by atoms with Crippen LogP contribution in [0.3, 0.4) is 0 Å². The molecule has 0 amide bonds. The summed E-state index contributed by atoms with van der Waals surface area (Å²) in [5.41, 5.74) is 14.9. The number of rotatable bonds is 4. The zero-order chi connectivity index (χ0) is 37.4. The van der Waals surface area contributed by atoms with Crippen molar-refractivity contribution in [1.29, 1.82) is 0 Å². The standard InChI is InChI=1S/C53H37N3/c1-52(2)43-25-10-12-27-45(43)53(46-28-13-11-26-44(46)52)42-24-9-8-21-40(42)48-41(23-15-29-47(48)53)51-55-49(36-17-4-3-5-18-36)54-50(56-51)37-32-30-35(31-33-37)39-22-14-19-34-16-6-7-20-38(34)39/h3-33H,1-2H3. The van der Waals surface area contributed by atoms with Crippen LogP contribution in [0.2, 0.25) is 0 Å². The molecule has 264 valence electrons. The Balaban J connectivity index is 1.14. The first-order valence-corrected chi connectivity index (χ1v) is 19.4. The Bertz CT molecular complexity index is 2940. The summed E-state index contributed by atoms with van der Waals surface area (Å²) >= 11 is 0. The second kappa shape index (κ2) is 12.3. The molecule has 1 heterocycles. The Kier molecular flexibility index (Phi) is 7.11. The van der Waals surface area contributed by atoms with Gasteiger partial charge in [0.2, 0.25) is 0 Å². The van der Waals surface area contributed by atoms with Crippen molar-refractivity contribution in [1.82, 2.24) is 15.0 Å². The van der Waals surface area contributed by atoms with Crippen LogP contribution in [0.4, 0.5) is 0 Å². The Morgan fingerprint density at radius 3 is 1.50 bits per heavy atom. The number of hydrogen-bond donors (Lipinski definition) is 0. The summed E-state index contributed by atoms with van der Waals surface area (Å²) in [4.78, 5) is 15.7. The minimum absolute atomic E-state index is 0.162. The van der Waals surface area contributed by atoms with Gasteiger partial charge in [-0.3, -0.25) is 0 Å². The molecule has 3 heteroatoms. The van der Waals surface area contributed by atoms with Crippen LogP contribution in [-0.4, -0.2) is 15.0 Å². The van der Waals surface area contributed by atoms with E-state index in [0.717, 1.165) is 22.3 Å². The highest BCUT2D eigenvalue weighted by molar-refractivity contribution is 5.97. The van der Waals surface area contributed by atoms with Crippen LogP contribution in [0.25, 0.3) is 67.2 Å². The zero-order valence-electron chi connectivity index (χ0n) is 31.2. The van der Waals surface area contributed by atoms with Gasteiger partial charge in [0.25, 0.3) is 0 Å². The first-order chi connectivity index (χ1) is 27.5. The molecule has 0 N–H and O–H groups in total. The van der Waals surface area contributed by atoms with Crippen molar-refractivity contribution in [2.75, 3.05) is 0 Å². The van der Waals surface area contributed by atoms with E-state index in [-0.39, 0.29) is 5.41 Å². The predicted octanol–water partition coefficient (Wildman–Crippen LogP) is 12.7. The summed E-state index contributed by atoms with van der Waals surface area (Å²) in [5.74, 6) is 1.96. The average Bonchev–Trinajstić information content (AvgIpc) is 3.57. The van der Waals surface area contributed by atoms with E-state index in [4.69, 9.17) is 15.0 Å². The normalized spacial score (nSPS) is 14.2. The maximum absolute atomic E-state index is 5.33. The molecule has 0 bridgehead atoms. The average molecular weight is 716 g/mol. The first kappa shape index (κ1) is 32.5. The van der Waals surface area contributed by atoms with E-state index in [9.17, 15) is 0 Å². The molecule has 1 spiro atoms. The molecule has 0 fully saturated rings. The highest BCUT2D eigenvalue weighted by atomic mass is 15.0. The number of fused-ring (bicyclic) bond motifs is 10. The smallest absolute Gasteiger partial charge is 0.164 e. The Morgan fingerprint density at radius 2 is 0.786 bits per heavy atom. The SMILES string of the molecule is CC1(C)c2ccccc2C2(c3ccccc3-c3c(-c4nc(-c5ccccc5)nc(-c5ccc(-c6cccc7ccccc67)cc5)n4)cccc32)c2ccccc21. The van der Waals surface area contributed by atoms with Gasteiger partial charge in [-0.05, 0) is 66.4 Å². The fourth-order valence-corrected chi connectivity index (χ4v) is 9.71. The van der Waals surface area contributed by atoms with E-state index in [1.54, 1.807) is 0 Å². The summed E-state index contributed by atoms with van der Waals surface area (Å²) in [5, 5.41) is 2.46. The van der Waals surface area contributed by atoms with Gasteiger partial charge in [-0.1, -0.05) is 202 Å². The second-order valence-corrected chi connectivity index (χ2v) is 15.5. The van der Waals surface area contributed by atoms with E-state index in [1.807, 2.05) is 18.2 Å². The van der Waals surface area contributed by atoms with Crippen molar-refractivity contribution in [2.45, 2.75) is 24.7 Å². The third-order valence-electron chi connectivity index (χ3n) is 12.2. The van der Waals surface area contributed by atoms with Crippen LogP contribution < -0.4 is 0 Å². The fourth-order valence-electron chi connectivity index (χ4n) is 9.71. The number of benzene rings is 8. The maximum atomic E-state index is 5.33. The molecule has 0 saturated carbocycles. The first-order valence-electron chi connectivity index (χ1n) is 19.4. The van der Waals surface area contributed by atoms with Crippen molar-refractivity contribution < 1.29 is 0 Å². The van der Waals surface area contributed by atoms with Gasteiger partial charge in [-0.25, -0.2) is 15.0 Å². The van der Waals surface area contributed by atoms with Gasteiger partial charge in [0.05, 0.1) is 5.41 Å². The highest BCUT2D eigenvalue weighted by Crippen LogP contribution is 2.63. The van der Waals surface area contributed by atoms with E-state index >= 15 is 0 Å². The highest BCUT2D eigenvalue weighted by Gasteiger charge is 2.53. The predicted molar refractivity (Wildman–Crippen MR) is 229 cm³/mol. The van der Waals surface area contributed by atoms with Gasteiger partial charge in [-0.15, -0.1) is 0 Å². The molecular formula is C53H37N3. The molecule has 0 saturated heterocycles. The molecule has 9 aromatic rings. The van der Waals surface area contributed by atoms with Crippen LogP contribution in [0.5, 0.6) is 0 Å². The molecule has 0 radical (unpaired) electrons. The molecule has 8 aromatic carbocycles. The molecule has 0 aliphatic heterocycles. The summed E-state index contributed by atoms with van der Waals surface area (Å²) in [6.07, 6.45) is 0. The van der Waals surface area contributed by atoms with E-state index in [1.165, 1.54) is 60.8 Å². The Hall–Kier alpha value is -6.97. The van der Waals surface area contributed by atoms with Gasteiger partial charge in [-0.2, -0.15) is 0 Å². The Morgan fingerprint density at radius 1 is 0.321 bits per heavy atom. The molecule has 1 aromatic heterocycles. The lowest BCUT2D eigenvalue weighted by atomic mass is 9.55. The van der Waals surface area contributed by atoms with Crippen LogP contribution in [0, 0.1) is 0 Å². The number of aromatic nitrogens is 3. The van der Waals surface area contributed by atoms with Gasteiger partial charge in [0.1, 0.15) is 0 Å². The lowest BCUT2D eigenvalue weighted by Gasteiger charge is -2.46. The lowest BCUT2D eigenvalue weighted by Crippen LogP contribution is -2.40. The molecule has 0 unspecified atom stereocenters. The van der Waals surface area contributed by atoms with Crippen LogP contribution in [0.15, 0.2) is 188 Å². The minimum atomic E-state index is -0.500. The number of nitrogens with zero attached hydrogens (tertiary/aromatic N) is 3. The largest absolute Gasteiger partial charge is 0.208 e. The topological polar surface area (TPSA) is 38.7 Å². The fraction of sp³-hybridized carbons (Fsp3) is 0.0755. The molecule has 2 aliphatic carbocycles. The molecule has 2 aliphatic rings. The van der Waals surface area contributed by atoms with Crippen molar-refractivity contribution in [2.24, 2.45) is 0 Å². The van der Waals surface area contributed by atoms with Crippen LogP contribution >= 0.6 is 0 Å². The minimum Gasteiger partial charge on any atom is -0.208 e.